The summed E-state index contributed by atoms with van der Waals surface area (Å²) in [5, 5.41) is 0.114. The van der Waals surface area contributed by atoms with Gasteiger partial charge in [0.05, 0.1) is 29.7 Å². The molecule has 0 radical (unpaired) electrons. The second-order valence-corrected chi connectivity index (χ2v) is 7.34. The minimum atomic E-state index is -3.89. The molecule has 0 unspecified atom stereocenters. The van der Waals surface area contributed by atoms with Crippen LogP contribution in [0.3, 0.4) is 0 Å². The Balaban J connectivity index is 2.34. The van der Waals surface area contributed by atoms with Crippen LogP contribution in [0.4, 0.5) is 0 Å². The van der Waals surface area contributed by atoms with E-state index in [0.717, 1.165) is 0 Å². The van der Waals surface area contributed by atoms with Gasteiger partial charge in [-0.05, 0) is 31.2 Å². The van der Waals surface area contributed by atoms with Gasteiger partial charge in [-0.25, -0.2) is 17.9 Å². The predicted octanol–water partition coefficient (Wildman–Crippen LogP) is 3.17. The van der Waals surface area contributed by atoms with Crippen LogP contribution < -0.4 is 9.46 Å². The Hall–Kier alpha value is -2.09. The lowest BCUT2D eigenvalue weighted by Crippen LogP contribution is -2.27. The summed E-state index contributed by atoms with van der Waals surface area (Å²) in [6, 6.07) is 10.4. The number of hydrogen-bond acceptors (Lipinski definition) is 5. The number of ether oxygens (including phenoxy) is 2. The molecule has 134 valence electrons. The number of halogens is 1. The summed E-state index contributed by atoms with van der Waals surface area (Å²) in [6.07, 6.45) is 0. The number of carbonyl (C=O) groups excluding carboxylic acids is 1. The molecule has 0 fully saturated rings. The molecular weight excluding hydrogens is 366 g/mol. The van der Waals surface area contributed by atoms with Crippen LogP contribution in [0.5, 0.6) is 5.75 Å². The molecule has 1 atom stereocenters. The summed E-state index contributed by atoms with van der Waals surface area (Å²) < 4.78 is 37.7. The number of sulfonamides is 1. The summed E-state index contributed by atoms with van der Waals surface area (Å²) in [7, 11) is -1.17. The molecule has 0 heterocycles. The Kier molecular flexibility index (Phi) is 6.05. The van der Waals surface area contributed by atoms with Gasteiger partial charge in [0.1, 0.15) is 5.75 Å². The average molecular weight is 384 g/mol. The van der Waals surface area contributed by atoms with Crippen molar-refractivity contribution in [3.63, 3.8) is 0 Å². The number of benzene rings is 2. The third kappa shape index (κ3) is 4.31. The normalized spacial score (nSPS) is 12.5. The highest BCUT2D eigenvalue weighted by molar-refractivity contribution is 7.89. The van der Waals surface area contributed by atoms with E-state index in [0.29, 0.717) is 11.3 Å². The molecule has 0 saturated heterocycles. The number of esters is 1. The van der Waals surface area contributed by atoms with Gasteiger partial charge < -0.3 is 9.47 Å². The third-order valence-electron chi connectivity index (χ3n) is 3.59. The molecule has 2 aromatic rings. The Labute approximate surface area is 151 Å². The smallest absolute Gasteiger partial charge is 0.339 e. The standard InChI is InChI=1S/C17H18ClNO5S/c1-11(13-6-4-5-7-16(13)23-2)19-25(21,22)12-8-9-15(18)14(10-12)17(20)24-3/h4-11,19H,1-3H3/t11-/m0/s1. The number of rotatable bonds is 6. The maximum Gasteiger partial charge on any atom is 0.339 e. The van der Waals surface area contributed by atoms with E-state index in [1.54, 1.807) is 31.2 Å². The predicted molar refractivity (Wildman–Crippen MR) is 94.5 cm³/mol. The lowest BCUT2D eigenvalue weighted by atomic mass is 10.1. The number of hydrogen-bond donors (Lipinski definition) is 1. The van der Waals surface area contributed by atoms with Crippen molar-refractivity contribution in [1.29, 1.82) is 0 Å². The van der Waals surface area contributed by atoms with E-state index in [4.69, 9.17) is 16.3 Å². The van der Waals surface area contributed by atoms with Crippen molar-refractivity contribution < 1.29 is 22.7 Å². The molecule has 0 saturated carbocycles. The molecule has 2 rings (SSSR count). The highest BCUT2D eigenvalue weighted by atomic mass is 35.5. The Morgan fingerprint density at radius 1 is 1.16 bits per heavy atom. The first-order chi connectivity index (χ1) is 11.8. The second-order valence-electron chi connectivity index (χ2n) is 5.22. The number of para-hydroxylation sites is 1. The van der Waals surface area contributed by atoms with Crippen molar-refractivity contribution in [2.24, 2.45) is 0 Å². The van der Waals surface area contributed by atoms with Gasteiger partial charge in [0.2, 0.25) is 10.0 Å². The summed E-state index contributed by atoms with van der Waals surface area (Å²) in [4.78, 5) is 11.6. The van der Waals surface area contributed by atoms with Gasteiger partial charge in [-0.3, -0.25) is 0 Å². The molecule has 0 bridgehead atoms. The van der Waals surface area contributed by atoms with E-state index in [9.17, 15) is 13.2 Å². The highest BCUT2D eigenvalue weighted by Gasteiger charge is 2.22. The molecule has 8 heteroatoms. The number of methoxy groups -OCH3 is 2. The summed E-state index contributed by atoms with van der Waals surface area (Å²) in [5.74, 6) is -0.135. The van der Waals surface area contributed by atoms with Gasteiger partial charge in [0.15, 0.2) is 0 Å². The SMILES string of the molecule is COC(=O)c1cc(S(=O)(=O)N[C@@H](C)c2ccccc2OC)ccc1Cl. The molecule has 0 aliphatic rings. The van der Waals surface area contributed by atoms with E-state index >= 15 is 0 Å². The summed E-state index contributed by atoms with van der Waals surface area (Å²) in [6.45, 7) is 1.70. The van der Waals surface area contributed by atoms with Crippen molar-refractivity contribution in [3.8, 4) is 5.75 Å². The van der Waals surface area contributed by atoms with Gasteiger partial charge in [-0.15, -0.1) is 0 Å². The molecular formula is C17H18ClNO5S. The first-order valence-electron chi connectivity index (χ1n) is 7.33. The first kappa shape index (κ1) is 19.2. The zero-order valence-corrected chi connectivity index (χ0v) is 15.5. The number of nitrogens with one attached hydrogen (secondary N) is 1. The molecule has 0 aromatic heterocycles. The van der Waals surface area contributed by atoms with E-state index < -0.39 is 22.0 Å². The molecule has 6 nitrogen and oxygen atoms in total. The van der Waals surface area contributed by atoms with Gasteiger partial charge in [-0.1, -0.05) is 29.8 Å². The van der Waals surface area contributed by atoms with Crippen LogP contribution >= 0.6 is 11.6 Å². The molecule has 25 heavy (non-hydrogen) atoms. The monoisotopic (exact) mass is 383 g/mol. The van der Waals surface area contributed by atoms with E-state index in [-0.39, 0.29) is 15.5 Å². The zero-order valence-electron chi connectivity index (χ0n) is 13.9. The minimum absolute atomic E-state index is 0.0167. The molecule has 2 aromatic carbocycles. The van der Waals surface area contributed by atoms with Crippen molar-refractivity contribution in [1.82, 2.24) is 4.72 Å². The molecule has 0 amide bonds. The van der Waals surface area contributed by atoms with E-state index in [2.05, 4.69) is 9.46 Å². The van der Waals surface area contributed by atoms with Crippen LogP contribution in [0.25, 0.3) is 0 Å². The van der Waals surface area contributed by atoms with Crippen molar-refractivity contribution in [2.75, 3.05) is 14.2 Å². The van der Waals surface area contributed by atoms with Gasteiger partial charge >= 0.3 is 5.97 Å². The van der Waals surface area contributed by atoms with Crippen LogP contribution in [0, 0.1) is 0 Å². The Bertz CT molecular complexity index is 882. The Morgan fingerprint density at radius 3 is 2.48 bits per heavy atom. The molecule has 0 aliphatic carbocycles. The highest BCUT2D eigenvalue weighted by Crippen LogP contribution is 2.27. The zero-order chi connectivity index (χ0) is 18.6. The van der Waals surface area contributed by atoms with Gasteiger partial charge in [-0.2, -0.15) is 0 Å². The first-order valence-corrected chi connectivity index (χ1v) is 9.19. The maximum absolute atomic E-state index is 12.6. The fourth-order valence-electron chi connectivity index (χ4n) is 2.33. The quantitative estimate of drug-likeness (QED) is 0.775. The largest absolute Gasteiger partial charge is 0.496 e. The Morgan fingerprint density at radius 2 is 1.84 bits per heavy atom. The summed E-state index contributed by atoms with van der Waals surface area (Å²) in [5.41, 5.74) is 0.674. The van der Waals surface area contributed by atoms with E-state index in [1.165, 1.54) is 32.4 Å². The van der Waals surface area contributed by atoms with E-state index in [1.807, 2.05) is 0 Å². The topological polar surface area (TPSA) is 81.7 Å². The number of carbonyl (C=O) groups is 1. The maximum atomic E-state index is 12.6. The van der Waals surface area contributed by atoms with Crippen molar-refractivity contribution in [2.45, 2.75) is 17.9 Å². The average Bonchev–Trinajstić information content (AvgIpc) is 2.60. The third-order valence-corrected chi connectivity index (χ3v) is 5.46. The fourth-order valence-corrected chi connectivity index (χ4v) is 3.77. The van der Waals surface area contributed by atoms with Crippen LogP contribution in [-0.2, 0) is 14.8 Å². The minimum Gasteiger partial charge on any atom is -0.496 e. The summed E-state index contributed by atoms with van der Waals surface area (Å²) >= 11 is 5.93. The van der Waals surface area contributed by atoms with Crippen LogP contribution in [0.2, 0.25) is 5.02 Å². The lowest BCUT2D eigenvalue weighted by Gasteiger charge is -2.17. The lowest BCUT2D eigenvalue weighted by molar-refractivity contribution is 0.0600. The van der Waals surface area contributed by atoms with Gasteiger partial charge in [0.25, 0.3) is 0 Å². The second kappa shape index (κ2) is 7.86. The molecule has 1 N–H and O–H groups in total. The van der Waals surface area contributed by atoms with Crippen LogP contribution in [-0.4, -0.2) is 28.6 Å². The van der Waals surface area contributed by atoms with Gasteiger partial charge in [0, 0.05) is 11.6 Å². The van der Waals surface area contributed by atoms with Crippen molar-refractivity contribution >= 4 is 27.6 Å². The molecule has 0 spiro atoms. The molecule has 0 aliphatic heterocycles. The van der Waals surface area contributed by atoms with Crippen molar-refractivity contribution in [3.05, 3.63) is 58.6 Å². The fraction of sp³-hybridized carbons (Fsp3) is 0.235. The van der Waals surface area contributed by atoms with Crippen LogP contribution in [0.1, 0.15) is 28.9 Å². The van der Waals surface area contributed by atoms with Crippen LogP contribution in [0.15, 0.2) is 47.4 Å².